The topological polar surface area (TPSA) is 69.6 Å². The predicted molar refractivity (Wildman–Crippen MR) is 89.8 cm³/mol. The molecule has 0 saturated carbocycles. The van der Waals surface area contributed by atoms with E-state index in [9.17, 15) is 4.79 Å². The highest BCUT2D eigenvalue weighted by molar-refractivity contribution is 5.86. The van der Waals surface area contributed by atoms with Gasteiger partial charge in [0.25, 0.3) is 0 Å². The molecule has 1 aromatic heterocycles. The van der Waals surface area contributed by atoms with Crippen LogP contribution in [0.25, 0.3) is 0 Å². The number of hydrogen-bond acceptors (Lipinski definition) is 3. The summed E-state index contributed by atoms with van der Waals surface area (Å²) in [7, 11) is 3.50. The summed E-state index contributed by atoms with van der Waals surface area (Å²) in [5.41, 5.74) is 0.990. The molecule has 2 N–H and O–H groups in total. The SMILES string of the molecule is CCC(C)NC(=NC)NCC(=O)N(C)CCc1ccccn1. The first kappa shape index (κ1) is 17.9. The van der Waals surface area contributed by atoms with Crippen LogP contribution in [0.3, 0.4) is 0 Å². The Bertz CT molecular complexity index is 475. The van der Waals surface area contributed by atoms with Gasteiger partial charge in [0.05, 0.1) is 6.54 Å². The van der Waals surface area contributed by atoms with Crippen LogP contribution in [0.4, 0.5) is 0 Å². The van der Waals surface area contributed by atoms with Crippen molar-refractivity contribution in [1.29, 1.82) is 0 Å². The second-order valence-corrected chi connectivity index (χ2v) is 5.27. The molecule has 122 valence electrons. The van der Waals surface area contributed by atoms with Crippen molar-refractivity contribution in [3.05, 3.63) is 30.1 Å². The van der Waals surface area contributed by atoms with Gasteiger partial charge in [-0.15, -0.1) is 0 Å². The number of hydrogen-bond donors (Lipinski definition) is 2. The molecule has 6 nitrogen and oxygen atoms in total. The van der Waals surface area contributed by atoms with Gasteiger partial charge in [0, 0.05) is 45.0 Å². The van der Waals surface area contributed by atoms with E-state index in [2.05, 4.69) is 34.5 Å². The molecule has 0 fully saturated rings. The average Bonchev–Trinajstić information content (AvgIpc) is 2.56. The van der Waals surface area contributed by atoms with Crippen LogP contribution in [0.15, 0.2) is 29.4 Å². The standard InChI is InChI=1S/C16H27N5O/c1-5-13(2)20-16(17-3)19-12-15(22)21(4)11-9-14-8-6-7-10-18-14/h6-8,10,13H,5,9,11-12H2,1-4H3,(H2,17,19,20). The van der Waals surface area contributed by atoms with E-state index in [0.29, 0.717) is 18.5 Å². The molecule has 22 heavy (non-hydrogen) atoms. The first-order valence-corrected chi connectivity index (χ1v) is 7.67. The fourth-order valence-electron chi connectivity index (χ4n) is 1.78. The normalized spacial score (nSPS) is 12.6. The van der Waals surface area contributed by atoms with E-state index in [-0.39, 0.29) is 12.5 Å². The van der Waals surface area contributed by atoms with Crippen molar-refractivity contribution in [1.82, 2.24) is 20.5 Å². The van der Waals surface area contributed by atoms with E-state index in [1.807, 2.05) is 18.2 Å². The molecular formula is C16H27N5O. The monoisotopic (exact) mass is 305 g/mol. The summed E-state index contributed by atoms with van der Waals surface area (Å²) in [6, 6.07) is 6.13. The molecule has 0 radical (unpaired) electrons. The largest absolute Gasteiger partial charge is 0.354 e. The molecule has 0 aromatic carbocycles. The number of nitrogens with zero attached hydrogens (tertiary/aromatic N) is 3. The van der Waals surface area contributed by atoms with Gasteiger partial charge in [-0.1, -0.05) is 13.0 Å². The van der Waals surface area contributed by atoms with Gasteiger partial charge in [-0.2, -0.15) is 0 Å². The van der Waals surface area contributed by atoms with Gasteiger partial charge >= 0.3 is 0 Å². The summed E-state index contributed by atoms with van der Waals surface area (Å²) in [6.07, 6.45) is 3.52. The van der Waals surface area contributed by atoms with Crippen LogP contribution in [-0.4, -0.2) is 55.0 Å². The van der Waals surface area contributed by atoms with Gasteiger partial charge in [-0.25, -0.2) is 0 Å². The highest BCUT2D eigenvalue weighted by atomic mass is 16.2. The van der Waals surface area contributed by atoms with Gasteiger partial charge < -0.3 is 15.5 Å². The van der Waals surface area contributed by atoms with Crippen molar-refractivity contribution in [3.8, 4) is 0 Å². The lowest BCUT2D eigenvalue weighted by Gasteiger charge is -2.20. The van der Waals surface area contributed by atoms with Crippen molar-refractivity contribution in [2.24, 2.45) is 4.99 Å². The number of aromatic nitrogens is 1. The van der Waals surface area contributed by atoms with E-state index in [1.54, 1.807) is 25.2 Å². The first-order chi connectivity index (χ1) is 10.6. The molecular weight excluding hydrogens is 278 g/mol. The lowest BCUT2D eigenvalue weighted by molar-refractivity contribution is -0.128. The minimum absolute atomic E-state index is 0.0306. The fraction of sp³-hybridized carbons (Fsp3) is 0.562. The van der Waals surface area contributed by atoms with E-state index >= 15 is 0 Å². The maximum atomic E-state index is 12.1. The summed E-state index contributed by atoms with van der Waals surface area (Å²) in [5.74, 6) is 0.684. The van der Waals surface area contributed by atoms with Crippen molar-refractivity contribution in [2.45, 2.75) is 32.7 Å². The van der Waals surface area contributed by atoms with Crippen LogP contribution in [0, 0.1) is 0 Å². The summed E-state index contributed by atoms with van der Waals surface area (Å²) in [5, 5.41) is 6.27. The highest BCUT2D eigenvalue weighted by Gasteiger charge is 2.10. The number of pyridine rings is 1. The van der Waals surface area contributed by atoms with Crippen molar-refractivity contribution >= 4 is 11.9 Å². The average molecular weight is 305 g/mol. The fourth-order valence-corrected chi connectivity index (χ4v) is 1.78. The molecule has 1 aromatic rings. The lowest BCUT2D eigenvalue weighted by Crippen LogP contribution is -2.46. The summed E-state index contributed by atoms with van der Waals surface area (Å²) < 4.78 is 0. The van der Waals surface area contributed by atoms with Crippen molar-refractivity contribution in [2.75, 3.05) is 27.2 Å². The van der Waals surface area contributed by atoms with Crippen LogP contribution < -0.4 is 10.6 Å². The third-order valence-electron chi connectivity index (χ3n) is 3.48. The Hall–Kier alpha value is -2.11. The maximum Gasteiger partial charge on any atom is 0.241 e. The third kappa shape index (κ3) is 6.56. The van der Waals surface area contributed by atoms with Crippen LogP contribution in [-0.2, 0) is 11.2 Å². The minimum atomic E-state index is 0.0306. The molecule has 1 amide bonds. The van der Waals surface area contributed by atoms with Crippen LogP contribution in [0.2, 0.25) is 0 Å². The highest BCUT2D eigenvalue weighted by Crippen LogP contribution is 1.96. The number of aliphatic imine (C=N–C) groups is 1. The van der Waals surface area contributed by atoms with E-state index in [0.717, 1.165) is 18.5 Å². The lowest BCUT2D eigenvalue weighted by atomic mass is 10.2. The second kappa shape index (κ2) is 9.76. The molecule has 1 rings (SSSR count). The molecule has 1 unspecified atom stereocenters. The number of amides is 1. The summed E-state index contributed by atoms with van der Waals surface area (Å²) >= 11 is 0. The number of nitrogens with one attached hydrogen (secondary N) is 2. The molecule has 0 aliphatic carbocycles. The molecule has 6 heteroatoms. The first-order valence-electron chi connectivity index (χ1n) is 7.67. The van der Waals surface area contributed by atoms with Crippen LogP contribution in [0.1, 0.15) is 26.0 Å². The Balaban J connectivity index is 2.34. The molecule has 0 aliphatic rings. The number of likely N-dealkylation sites (N-methyl/N-ethyl adjacent to an activating group) is 1. The molecule has 1 heterocycles. The van der Waals surface area contributed by atoms with Crippen LogP contribution in [0.5, 0.6) is 0 Å². The zero-order chi connectivity index (χ0) is 16.4. The van der Waals surface area contributed by atoms with Gasteiger partial charge in [0.15, 0.2) is 5.96 Å². The predicted octanol–water partition coefficient (Wildman–Crippen LogP) is 1.05. The number of guanidine groups is 1. The van der Waals surface area contributed by atoms with E-state index in [4.69, 9.17) is 0 Å². The Morgan fingerprint density at radius 2 is 2.23 bits per heavy atom. The minimum Gasteiger partial charge on any atom is -0.354 e. The van der Waals surface area contributed by atoms with Gasteiger partial charge in [0.1, 0.15) is 0 Å². The van der Waals surface area contributed by atoms with Crippen LogP contribution >= 0.6 is 0 Å². The molecule has 0 aliphatic heterocycles. The quantitative estimate of drug-likeness (QED) is 0.583. The Morgan fingerprint density at radius 3 is 2.82 bits per heavy atom. The van der Waals surface area contributed by atoms with E-state index in [1.165, 1.54) is 0 Å². The summed E-state index contributed by atoms with van der Waals surface area (Å²) in [4.78, 5) is 22.2. The smallest absolute Gasteiger partial charge is 0.241 e. The van der Waals surface area contributed by atoms with Gasteiger partial charge in [0.2, 0.25) is 5.91 Å². The van der Waals surface area contributed by atoms with Crippen molar-refractivity contribution in [3.63, 3.8) is 0 Å². The molecule has 1 atom stereocenters. The van der Waals surface area contributed by atoms with Crippen molar-refractivity contribution < 1.29 is 4.79 Å². The second-order valence-electron chi connectivity index (χ2n) is 5.27. The van der Waals surface area contributed by atoms with E-state index < -0.39 is 0 Å². The Kier molecular flexibility index (Phi) is 7.96. The summed E-state index contributed by atoms with van der Waals surface area (Å²) in [6.45, 7) is 5.05. The molecule has 0 bridgehead atoms. The third-order valence-corrected chi connectivity index (χ3v) is 3.48. The number of carbonyl (C=O) groups excluding carboxylic acids is 1. The van der Waals surface area contributed by atoms with Gasteiger partial charge in [-0.05, 0) is 25.5 Å². The zero-order valence-corrected chi connectivity index (χ0v) is 14.0. The Morgan fingerprint density at radius 1 is 1.45 bits per heavy atom. The molecule has 0 spiro atoms. The van der Waals surface area contributed by atoms with Gasteiger partial charge in [-0.3, -0.25) is 14.8 Å². The zero-order valence-electron chi connectivity index (χ0n) is 14.0. The Labute approximate surface area is 133 Å². The number of rotatable bonds is 7. The number of carbonyl (C=O) groups is 1. The molecule has 0 saturated heterocycles. The maximum absolute atomic E-state index is 12.1.